The quantitative estimate of drug-likeness (QED) is 0.695. The summed E-state index contributed by atoms with van der Waals surface area (Å²) in [7, 11) is 0. The zero-order valence-corrected chi connectivity index (χ0v) is 17.3. The molecule has 1 aliphatic rings. The molecule has 6 nitrogen and oxygen atoms in total. The van der Waals surface area contributed by atoms with E-state index in [4.69, 9.17) is 10.5 Å². The molecule has 162 valence electrons. The van der Waals surface area contributed by atoms with Gasteiger partial charge in [0.05, 0.1) is 23.1 Å². The van der Waals surface area contributed by atoms with Gasteiger partial charge < -0.3 is 15.0 Å². The number of aromatic nitrogens is 1. The van der Waals surface area contributed by atoms with Crippen LogP contribution >= 0.6 is 0 Å². The second kappa shape index (κ2) is 8.20. The molecule has 8 heteroatoms. The molecule has 0 radical (unpaired) electrons. The Hall–Kier alpha value is -3.10. The zero-order chi connectivity index (χ0) is 22.3. The van der Waals surface area contributed by atoms with Crippen LogP contribution in [0.1, 0.15) is 29.8 Å². The fourth-order valence-corrected chi connectivity index (χ4v) is 4.21. The molecule has 31 heavy (non-hydrogen) atoms. The number of ether oxygens (including phenoxy) is 1. The minimum atomic E-state index is -0.913. The SMILES string of the molecule is C[C@@H]1CN(Cc2cc(F)c3c(c2)c(=O)c(C(N)=O)cn3-c2ccc(F)cc2)C[C@H](C)O1. The summed E-state index contributed by atoms with van der Waals surface area (Å²) in [5.41, 5.74) is 5.52. The van der Waals surface area contributed by atoms with Crippen molar-refractivity contribution in [3.05, 3.63) is 75.6 Å². The Morgan fingerprint density at radius 2 is 1.77 bits per heavy atom. The predicted octanol–water partition coefficient (Wildman–Crippen LogP) is 2.98. The fourth-order valence-electron chi connectivity index (χ4n) is 4.21. The van der Waals surface area contributed by atoms with Crippen molar-refractivity contribution in [1.29, 1.82) is 0 Å². The third kappa shape index (κ3) is 4.22. The van der Waals surface area contributed by atoms with E-state index in [9.17, 15) is 14.0 Å². The number of halogens is 2. The van der Waals surface area contributed by atoms with E-state index in [2.05, 4.69) is 4.90 Å². The van der Waals surface area contributed by atoms with E-state index in [1.54, 1.807) is 6.07 Å². The van der Waals surface area contributed by atoms with Gasteiger partial charge in [0, 0.05) is 31.5 Å². The molecule has 1 aromatic heterocycles. The minimum absolute atomic E-state index is 0.00840. The minimum Gasteiger partial charge on any atom is -0.373 e. The molecule has 1 amide bonds. The van der Waals surface area contributed by atoms with Crippen molar-refractivity contribution in [2.75, 3.05) is 13.1 Å². The Labute approximate surface area is 177 Å². The molecule has 1 aliphatic heterocycles. The summed E-state index contributed by atoms with van der Waals surface area (Å²) in [5, 5.41) is 0.0463. The lowest BCUT2D eigenvalue weighted by molar-refractivity contribution is -0.0704. The number of amides is 1. The molecule has 1 saturated heterocycles. The van der Waals surface area contributed by atoms with E-state index in [1.807, 2.05) is 13.8 Å². The first-order valence-electron chi connectivity index (χ1n) is 10.0. The fraction of sp³-hybridized carbons (Fsp3) is 0.304. The molecule has 3 aromatic rings. The molecule has 1 fully saturated rings. The number of nitrogens with two attached hydrogens (primary N) is 1. The molecule has 0 saturated carbocycles. The summed E-state index contributed by atoms with van der Waals surface area (Å²) in [6.07, 6.45) is 1.30. The number of carbonyl (C=O) groups excluding carboxylic acids is 1. The van der Waals surface area contributed by atoms with Crippen molar-refractivity contribution < 1.29 is 18.3 Å². The average molecular weight is 427 g/mol. The van der Waals surface area contributed by atoms with Crippen molar-refractivity contribution in [3.8, 4) is 5.69 Å². The monoisotopic (exact) mass is 427 g/mol. The van der Waals surface area contributed by atoms with Gasteiger partial charge >= 0.3 is 0 Å². The van der Waals surface area contributed by atoms with Crippen LogP contribution in [0.2, 0.25) is 0 Å². The van der Waals surface area contributed by atoms with E-state index in [0.717, 1.165) is 0 Å². The number of pyridine rings is 1. The number of hydrogen-bond donors (Lipinski definition) is 1. The van der Waals surface area contributed by atoms with E-state index in [0.29, 0.717) is 30.9 Å². The van der Waals surface area contributed by atoms with Crippen LogP contribution < -0.4 is 11.2 Å². The number of carbonyl (C=O) groups is 1. The first-order chi connectivity index (χ1) is 14.7. The maximum atomic E-state index is 15.3. The third-order valence-corrected chi connectivity index (χ3v) is 5.38. The lowest BCUT2D eigenvalue weighted by Crippen LogP contribution is -2.44. The maximum absolute atomic E-state index is 15.3. The lowest BCUT2D eigenvalue weighted by Gasteiger charge is -2.35. The summed E-state index contributed by atoms with van der Waals surface area (Å²) in [6.45, 7) is 5.76. The van der Waals surface area contributed by atoms with Crippen LogP contribution in [0.5, 0.6) is 0 Å². The van der Waals surface area contributed by atoms with Gasteiger partial charge in [-0.3, -0.25) is 14.5 Å². The largest absolute Gasteiger partial charge is 0.373 e. The number of nitrogens with zero attached hydrogens (tertiary/aromatic N) is 2. The summed E-state index contributed by atoms with van der Waals surface area (Å²) in [6, 6.07) is 8.29. The highest BCUT2D eigenvalue weighted by molar-refractivity contribution is 5.96. The molecule has 2 heterocycles. The molecule has 2 aromatic carbocycles. The highest BCUT2D eigenvalue weighted by Crippen LogP contribution is 2.24. The number of fused-ring (bicyclic) bond motifs is 1. The van der Waals surface area contributed by atoms with E-state index < -0.39 is 23.0 Å². The van der Waals surface area contributed by atoms with Crippen LogP contribution in [0.15, 0.2) is 47.4 Å². The zero-order valence-electron chi connectivity index (χ0n) is 17.3. The first kappa shape index (κ1) is 21.1. The Balaban J connectivity index is 1.87. The molecule has 0 bridgehead atoms. The van der Waals surface area contributed by atoms with Gasteiger partial charge in [0.1, 0.15) is 17.2 Å². The second-order valence-electron chi connectivity index (χ2n) is 8.01. The van der Waals surface area contributed by atoms with Gasteiger partial charge in [-0.15, -0.1) is 0 Å². The number of primary amides is 1. The van der Waals surface area contributed by atoms with E-state index in [-0.39, 0.29) is 28.7 Å². The third-order valence-electron chi connectivity index (χ3n) is 5.38. The van der Waals surface area contributed by atoms with E-state index >= 15 is 4.39 Å². The van der Waals surface area contributed by atoms with Gasteiger partial charge in [0.25, 0.3) is 5.91 Å². The molecule has 2 atom stereocenters. The van der Waals surface area contributed by atoms with Crippen LogP contribution in [0.3, 0.4) is 0 Å². The molecule has 0 unspecified atom stereocenters. The summed E-state index contributed by atoms with van der Waals surface area (Å²) >= 11 is 0. The van der Waals surface area contributed by atoms with Crippen LogP contribution in [0.4, 0.5) is 8.78 Å². The Bertz CT molecular complexity index is 1200. The molecular weight excluding hydrogens is 404 g/mol. The standard InChI is InChI=1S/C23H23F2N3O3/c1-13-9-27(10-14(2)31-13)11-15-7-18-21(20(25)8-15)28(12-19(22(18)29)23(26)30)17-5-3-16(24)4-6-17/h3-8,12-14H,9-11H2,1-2H3,(H2,26,30)/t13-,14+. The molecule has 0 aliphatic carbocycles. The molecule has 4 rings (SSSR count). The van der Waals surface area contributed by atoms with Gasteiger partial charge in [0.2, 0.25) is 5.43 Å². The second-order valence-corrected chi connectivity index (χ2v) is 8.01. The number of morpholine rings is 1. The van der Waals surface area contributed by atoms with Crippen molar-refractivity contribution >= 4 is 16.8 Å². The predicted molar refractivity (Wildman–Crippen MR) is 113 cm³/mol. The van der Waals surface area contributed by atoms with Crippen LogP contribution in [0.25, 0.3) is 16.6 Å². The summed E-state index contributed by atoms with van der Waals surface area (Å²) < 4.78 is 35.8. The van der Waals surface area contributed by atoms with E-state index in [1.165, 1.54) is 41.1 Å². The highest BCUT2D eigenvalue weighted by Gasteiger charge is 2.23. The Morgan fingerprint density at radius 1 is 1.13 bits per heavy atom. The van der Waals surface area contributed by atoms with Crippen LogP contribution in [-0.2, 0) is 11.3 Å². The smallest absolute Gasteiger partial charge is 0.254 e. The molecule has 0 spiro atoms. The van der Waals surface area contributed by atoms with Gasteiger partial charge in [-0.25, -0.2) is 8.78 Å². The maximum Gasteiger partial charge on any atom is 0.254 e. The topological polar surface area (TPSA) is 77.6 Å². The lowest BCUT2D eigenvalue weighted by atomic mass is 10.1. The number of benzene rings is 2. The molecular formula is C23H23F2N3O3. The van der Waals surface area contributed by atoms with Crippen molar-refractivity contribution in [2.45, 2.75) is 32.6 Å². The van der Waals surface area contributed by atoms with Crippen molar-refractivity contribution in [3.63, 3.8) is 0 Å². The molecule has 2 N–H and O–H groups in total. The normalized spacial score (nSPS) is 19.6. The van der Waals surface area contributed by atoms with Gasteiger partial charge in [0.15, 0.2) is 0 Å². The van der Waals surface area contributed by atoms with Crippen LogP contribution in [0, 0.1) is 11.6 Å². The Morgan fingerprint density at radius 3 is 2.39 bits per heavy atom. The summed E-state index contributed by atoms with van der Waals surface area (Å²) in [5.74, 6) is -1.98. The van der Waals surface area contributed by atoms with Gasteiger partial charge in [-0.1, -0.05) is 0 Å². The average Bonchev–Trinajstić information content (AvgIpc) is 2.68. The summed E-state index contributed by atoms with van der Waals surface area (Å²) in [4.78, 5) is 27.0. The van der Waals surface area contributed by atoms with Crippen LogP contribution in [-0.4, -0.2) is 40.7 Å². The van der Waals surface area contributed by atoms with Crippen molar-refractivity contribution in [1.82, 2.24) is 9.47 Å². The highest BCUT2D eigenvalue weighted by atomic mass is 19.1. The number of rotatable bonds is 4. The first-order valence-corrected chi connectivity index (χ1v) is 10.0. The Kier molecular flexibility index (Phi) is 5.60. The van der Waals surface area contributed by atoms with Gasteiger partial charge in [-0.05, 0) is 55.8 Å². The van der Waals surface area contributed by atoms with Gasteiger partial charge in [-0.2, -0.15) is 0 Å². The number of hydrogen-bond acceptors (Lipinski definition) is 4. The van der Waals surface area contributed by atoms with Crippen molar-refractivity contribution in [2.24, 2.45) is 5.73 Å².